The summed E-state index contributed by atoms with van der Waals surface area (Å²) in [6.07, 6.45) is 1.49. The van der Waals surface area contributed by atoms with Crippen LogP contribution in [0.4, 0.5) is 0 Å². The van der Waals surface area contributed by atoms with Crippen molar-refractivity contribution >= 4 is 0 Å². The lowest BCUT2D eigenvalue weighted by Gasteiger charge is -2.80. The van der Waals surface area contributed by atoms with E-state index in [2.05, 4.69) is 20.8 Å². The summed E-state index contributed by atoms with van der Waals surface area (Å²) in [5.74, 6) is 13.2. The van der Waals surface area contributed by atoms with Crippen LogP contribution in [0.1, 0.15) is 27.2 Å². The largest absolute Gasteiger partial charge is 0.0651 e. The second-order valence-electron chi connectivity index (χ2n) is 7.41. The monoisotopic (exact) mass is 202 g/mol. The van der Waals surface area contributed by atoms with E-state index in [4.69, 9.17) is 0 Å². The summed E-state index contributed by atoms with van der Waals surface area (Å²) in [5.41, 5.74) is 0. The van der Waals surface area contributed by atoms with Crippen molar-refractivity contribution in [1.29, 1.82) is 0 Å². The number of hydrogen-bond donors (Lipinski definition) is 0. The Hall–Kier alpha value is 0. The van der Waals surface area contributed by atoms with E-state index in [1.54, 1.807) is 0 Å². The van der Waals surface area contributed by atoms with Crippen LogP contribution in [0, 0.1) is 65.1 Å². The van der Waals surface area contributed by atoms with Gasteiger partial charge in [-0.2, -0.15) is 0 Å². The van der Waals surface area contributed by atoms with E-state index in [0.717, 1.165) is 11.8 Å². The number of rotatable bonds is 1. The van der Waals surface area contributed by atoms with Gasteiger partial charge >= 0.3 is 0 Å². The lowest BCUT2D eigenvalue weighted by molar-refractivity contribution is -0.335. The molecule has 0 nitrogen and oxygen atoms in total. The second-order valence-corrected chi connectivity index (χ2v) is 7.41. The maximum absolute atomic E-state index is 2.52. The van der Waals surface area contributed by atoms with Gasteiger partial charge in [0.2, 0.25) is 0 Å². The van der Waals surface area contributed by atoms with E-state index >= 15 is 0 Å². The average molecular weight is 202 g/mol. The Morgan fingerprint density at radius 2 is 1.00 bits per heavy atom. The third kappa shape index (κ3) is 0.560. The first-order valence-corrected chi connectivity index (χ1v) is 7.27. The minimum absolute atomic E-state index is 1.08. The number of hydrogen-bond acceptors (Lipinski definition) is 0. The third-order valence-electron chi connectivity index (χ3n) is 7.81. The molecule has 0 heteroatoms. The second kappa shape index (κ2) is 2.05. The quantitative estimate of drug-likeness (QED) is 0.572. The molecule has 0 bridgehead atoms. The van der Waals surface area contributed by atoms with Crippen LogP contribution in [0.3, 0.4) is 0 Å². The Morgan fingerprint density at radius 1 is 0.600 bits per heavy atom. The minimum atomic E-state index is 1.08. The van der Waals surface area contributed by atoms with Crippen LogP contribution in [0.25, 0.3) is 0 Å². The molecule has 5 fully saturated rings. The Morgan fingerprint density at radius 3 is 1.40 bits per heavy atom. The first kappa shape index (κ1) is 8.14. The predicted octanol–water partition coefficient (Wildman–Crippen LogP) is 3.28. The van der Waals surface area contributed by atoms with Crippen molar-refractivity contribution in [2.75, 3.05) is 0 Å². The molecule has 10 unspecified atom stereocenters. The van der Waals surface area contributed by atoms with E-state index in [0.29, 0.717) is 0 Å². The molecular formula is C15H22. The van der Waals surface area contributed by atoms with Gasteiger partial charge in [0.15, 0.2) is 0 Å². The van der Waals surface area contributed by atoms with E-state index in [9.17, 15) is 0 Å². The first-order valence-electron chi connectivity index (χ1n) is 7.27. The van der Waals surface area contributed by atoms with Gasteiger partial charge in [-0.1, -0.05) is 27.2 Å². The van der Waals surface area contributed by atoms with E-state index in [1.165, 1.54) is 59.7 Å². The fraction of sp³-hybridized carbons (Fsp3) is 1.00. The van der Waals surface area contributed by atoms with E-state index in [-0.39, 0.29) is 0 Å². The van der Waals surface area contributed by atoms with Gasteiger partial charge in [-0.3, -0.25) is 0 Å². The first-order chi connectivity index (χ1) is 7.27. The lowest BCUT2D eigenvalue weighted by Crippen LogP contribution is -2.77. The Balaban J connectivity index is 1.43. The number of fused-ring (bicyclic) bond motifs is 10. The van der Waals surface area contributed by atoms with Gasteiger partial charge in [-0.05, 0) is 65.1 Å². The van der Waals surface area contributed by atoms with Crippen molar-refractivity contribution in [3.63, 3.8) is 0 Å². The van der Waals surface area contributed by atoms with Crippen LogP contribution >= 0.6 is 0 Å². The molecule has 0 aromatic heterocycles. The fourth-order valence-electron chi connectivity index (χ4n) is 7.17. The van der Waals surface area contributed by atoms with Gasteiger partial charge in [0.25, 0.3) is 0 Å². The van der Waals surface area contributed by atoms with E-state index in [1.807, 2.05) is 0 Å². The zero-order chi connectivity index (χ0) is 10.1. The maximum atomic E-state index is 2.52. The highest BCUT2D eigenvalue weighted by atomic mass is 14.9. The molecule has 5 saturated carbocycles. The fourth-order valence-corrected chi connectivity index (χ4v) is 7.17. The smallest absolute Gasteiger partial charge is 0.0312 e. The van der Waals surface area contributed by atoms with Gasteiger partial charge in [0.1, 0.15) is 0 Å². The molecule has 0 spiro atoms. The molecule has 0 aliphatic heterocycles. The summed E-state index contributed by atoms with van der Waals surface area (Å²) in [6, 6.07) is 0. The zero-order valence-corrected chi connectivity index (χ0v) is 10.1. The highest BCUT2D eigenvalue weighted by Crippen LogP contribution is 2.89. The predicted molar refractivity (Wildman–Crippen MR) is 60.0 cm³/mol. The Kier molecular flexibility index (Phi) is 1.11. The van der Waals surface area contributed by atoms with Gasteiger partial charge < -0.3 is 0 Å². The highest BCUT2D eigenvalue weighted by Gasteiger charge is 2.85. The molecule has 5 aliphatic carbocycles. The molecule has 0 aromatic rings. The van der Waals surface area contributed by atoms with Crippen LogP contribution in [-0.4, -0.2) is 0 Å². The van der Waals surface area contributed by atoms with Gasteiger partial charge in [0, 0.05) is 0 Å². The molecule has 15 heavy (non-hydrogen) atoms. The van der Waals surface area contributed by atoms with Crippen molar-refractivity contribution in [2.24, 2.45) is 65.1 Å². The molecule has 0 aromatic carbocycles. The van der Waals surface area contributed by atoms with Crippen molar-refractivity contribution in [3.05, 3.63) is 0 Å². The summed E-state index contributed by atoms with van der Waals surface area (Å²) in [6.45, 7) is 7.47. The molecular weight excluding hydrogens is 180 g/mol. The zero-order valence-electron chi connectivity index (χ0n) is 10.1. The molecule has 0 radical (unpaired) electrons. The van der Waals surface area contributed by atoms with Crippen molar-refractivity contribution in [1.82, 2.24) is 0 Å². The summed E-state index contributed by atoms with van der Waals surface area (Å²) >= 11 is 0. The van der Waals surface area contributed by atoms with Crippen LogP contribution in [0.5, 0.6) is 0 Å². The Labute approximate surface area is 92.8 Å². The molecule has 5 rings (SSSR count). The van der Waals surface area contributed by atoms with Crippen LogP contribution in [-0.2, 0) is 0 Å². The summed E-state index contributed by atoms with van der Waals surface area (Å²) < 4.78 is 0. The summed E-state index contributed by atoms with van der Waals surface area (Å²) in [7, 11) is 0. The highest BCUT2D eigenvalue weighted by molar-refractivity contribution is 5.32. The lowest BCUT2D eigenvalue weighted by atomic mass is 9.24. The molecule has 0 N–H and O–H groups in total. The van der Waals surface area contributed by atoms with Crippen LogP contribution in [0.15, 0.2) is 0 Å². The average Bonchev–Trinajstić information content (AvgIpc) is 2.84. The third-order valence-corrected chi connectivity index (χ3v) is 7.81. The molecule has 0 heterocycles. The molecule has 0 saturated heterocycles. The van der Waals surface area contributed by atoms with Crippen molar-refractivity contribution in [3.8, 4) is 0 Å². The summed E-state index contributed by atoms with van der Waals surface area (Å²) in [5, 5.41) is 0. The van der Waals surface area contributed by atoms with Gasteiger partial charge in [0.05, 0.1) is 0 Å². The van der Waals surface area contributed by atoms with Gasteiger partial charge in [-0.15, -0.1) is 0 Å². The molecule has 0 amide bonds. The van der Waals surface area contributed by atoms with Crippen LogP contribution < -0.4 is 0 Å². The van der Waals surface area contributed by atoms with Crippen molar-refractivity contribution < 1.29 is 0 Å². The normalized spacial score (nSPS) is 80.6. The standard InChI is InChI=1S/C15H22/c1-4-7-10-11(7)15-13-9-6(3)5(2)8(9)12(13)14(10)15/h5-15H,4H2,1-3H3. The molecule has 82 valence electrons. The van der Waals surface area contributed by atoms with Crippen molar-refractivity contribution in [2.45, 2.75) is 27.2 Å². The molecule has 5 aliphatic rings. The maximum Gasteiger partial charge on any atom is -0.0312 e. The van der Waals surface area contributed by atoms with E-state index < -0.39 is 0 Å². The Bertz CT molecular complexity index is 314. The topological polar surface area (TPSA) is 0 Å². The SMILES string of the molecule is CCC1C2C1C1C3C4C(C)C(C)C4C3C21. The van der Waals surface area contributed by atoms with Crippen LogP contribution in [0.2, 0.25) is 0 Å². The molecule has 10 atom stereocenters. The van der Waals surface area contributed by atoms with Gasteiger partial charge in [-0.25, -0.2) is 0 Å². The minimum Gasteiger partial charge on any atom is -0.0651 e. The summed E-state index contributed by atoms with van der Waals surface area (Å²) in [4.78, 5) is 0.